The molecule has 0 radical (unpaired) electrons. The predicted octanol–water partition coefficient (Wildman–Crippen LogP) is 10.1. The molecule has 2 N–H and O–H groups in total. The number of rotatable bonds is 3. The van der Waals surface area contributed by atoms with Crippen molar-refractivity contribution < 1.29 is 0 Å². The van der Waals surface area contributed by atoms with Crippen molar-refractivity contribution in [3.63, 3.8) is 0 Å². The molecule has 4 heteroatoms. The van der Waals surface area contributed by atoms with E-state index in [-0.39, 0.29) is 12.3 Å². The summed E-state index contributed by atoms with van der Waals surface area (Å²) in [4.78, 5) is 5.26. The Bertz CT molecular complexity index is 2320. The van der Waals surface area contributed by atoms with Crippen LogP contribution in [0.3, 0.4) is 0 Å². The zero-order valence-electron chi connectivity index (χ0n) is 23.5. The van der Waals surface area contributed by atoms with Crippen molar-refractivity contribution >= 4 is 69.7 Å². The molecule has 2 aliphatic rings. The number of fused-ring (bicyclic) bond motifs is 8. The molecule has 0 amide bonds. The summed E-state index contributed by atoms with van der Waals surface area (Å²) in [6.45, 7) is 0. The zero-order valence-corrected chi connectivity index (χ0v) is 24.4. The molecule has 0 bridgehead atoms. The number of aliphatic imine (C=N–C) groups is 1. The van der Waals surface area contributed by atoms with Gasteiger partial charge in [0.05, 0.1) is 0 Å². The van der Waals surface area contributed by atoms with E-state index in [2.05, 4.69) is 138 Å². The number of nitrogens with one attached hydrogen (secondary N) is 2. The summed E-state index contributed by atoms with van der Waals surface area (Å²) in [6.07, 6.45) is 8.40. The molecular weight excluding hydrogens is 543 g/mol. The van der Waals surface area contributed by atoms with Crippen molar-refractivity contribution in [2.45, 2.75) is 25.2 Å². The van der Waals surface area contributed by atoms with E-state index in [0.29, 0.717) is 0 Å². The first-order valence-electron chi connectivity index (χ1n) is 15.0. The fourth-order valence-electron chi connectivity index (χ4n) is 6.81. The van der Waals surface area contributed by atoms with Gasteiger partial charge in [0, 0.05) is 20.2 Å². The number of amidine groups is 1. The molecule has 7 aromatic rings. The number of thiophene rings is 1. The SMILES string of the molecule is C1=CCCC(C2=NC(c3ccc4c(ccc5ccc6sc7ccccc7c6c54)c3)NC(c3ccc4ccccc4c3)N2)=C1. The third-order valence-corrected chi connectivity index (χ3v) is 10.1. The highest BCUT2D eigenvalue weighted by atomic mass is 32.1. The summed E-state index contributed by atoms with van der Waals surface area (Å²) in [7, 11) is 0. The summed E-state index contributed by atoms with van der Waals surface area (Å²) < 4.78 is 2.68. The molecule has 1 aromatic heterocycles. The number of benzene rings is 6. The van der Waals surface area contributed by atoms with Crippen LogP contribution in [0.15, 0.2) is 138 Å². The largest absolute Gasteiger partial charge is 0.351 e. The third kappa shape index (κ3) is 4.17. The van der Waals surface area contributed by atoms with Gasteiger partial charge < -0.3 is 5.32 Å². The Kier molecular flexibility index (Phi) is 5.71. The smallest absolute Gasteiger partial charge is 0.129 e. The fourth-order valence-corrected chi connectivity index (χ4v) is 7.93. The van der Waals surface area contributed by atoms with Crippen molar-refractivity contribution in [1.82, 2.24) is 10.6 Å². The number of allylic oxidation sites excluding steroid dienone is 3. The molecule has 9 rings (SSSR count). The van der Waals surface area contributed by atoms with Gasteiger partial charge in [-0.3, -0.25) is 5.32 Å². The molecular formula is C39H29N3S. The molecule has 0 fully saturated rings. The third-order valence-electron chi connectivity index (χ3n) is 8.97. The Morgan fingerprint density at radius 3 is 2.37 bits per heavy atom. The fraction of sp³-hybridized carbons (Fsp3) is 0.103. The minimum absolute atomic E-state index is 0.0574. The lowest BCUT2D eigenvalue weighted by molar-refractivity contribution is 0.408. The second-order valence-corrected chi connectivity index (χ2v) is 12.7. The lowest BCUT2D eigenvalue weighted by Crippen LogP contribution is -2.45. The monoisotopic (exact) mass is 571 g/mol. The van der Waals surface area contributed by atoms with E-state index in [0.717, 1.165) is 18.7 Å². The van der Waals surface area contributed by atoms with E-state index in [1.165, 1.54) is 69.2 Å². The minimum atomic E-state index is -0.169. The normalized spacial score (nSPS) is 18.8. The van der Waals surface area contributed by atoms with E-state index < -0.39 is 0 Å². The number of nitrogens with zero attached hydrogens (tertiary/aromatic N) is 1. The highest BCUT2D eigenvalue weighted by molar-refractivity contribution is 7.26. The standard InChI is InChI=1S/C39H29N3S/c1-2-9-26(10-3-1)37-40-38(29-17-14-24-8-4-5-11-27(24)22-29)42-39(41-37)30-18-20-31-28(23-30)16-15-25-19-21-34-36(35(25)31)32-12-6-7-13-33(32)43-34/h1-2,4-9,11-23,38-39,42H,3,10H2,(H,40,41). The molecule has 1 aliphatic heterocycles. The lowest BCUT2D eigenvalue weighted by atomic mass is 9.95. The molecule has 3 nitrogen and oxygen atoms in total. The Morgan fingerprint density at radius 2 is 1.44 bits per heavy atom. The first kappa shape index (κ1) is 24.8. The topological polar surface area (TPSA) is 36.4 Å². The van der Waals surface area contributed by atoms with Crippen LogP contribution in [-0.4, -0.2) is 5.84 Å². The maximum atomic E-state index is 5.26. The van der Waals surface area contributed by atoms with Crippen LogP contribution in [0.5, 0.6) is 0 Å². The highest BCUT2D eigenvalue weighted by Gasteiger charge is 2.27. The van der Waals surface area contributed by atoms with Gasteiger partial charge >= 0.3 is 0 Å². The van der Waals surface area contributed by atoms with Gasteiger partial charge in [-0.1, -0.05) is 103 Å². The molecule has 0 saturated carbocycles. The van der Waals surface area contributed by atoms with Gasteiger partial charge in [-0.05, 0) is 86.1 Å². The van der Waals surface area contributed by atoms with Gasteiger partial charge in [0.1, 0.15) is 18.2 Å². The molecule has 2 heterocycles. The average molecular weight is 572 g/mol. The van der Waals surface area contributed by atoms with Crippen LogP contribution in [0.1, 0.15) is 36.3 Å². The predicted molar refractivity (Wildman–Crippen MR) is 184 cm³/mol. The van der Waals surface area contributed by atoms with Crippen LogP contribution in [0.2, 0.25) is 0 Å². The van der Waals surface area contributed by atoms with Gasteiger partial charge in [-0.2, -0.15) is 0 Å². The van der Waals surface area contributed by atoms with Crippen LogP contribution in [0.25, 0.3) is 52.5 Å². The molecule has 43 heavy (non-hydrogen) atoms. The Balaban J connectivity index is 1.18. The summed E-state index contributed by atoms with van der Waals surface area (Å²) >= 11 is 1.88. The minimum Gasteiger partial charge on any atom is -0.351 e. The maximum absolute atomic E-state index is 5.26. The van der Waals surface area contributed by atoms with Crippen molar-refractivity contribution in [1.29, 1.82) is 0 Å². The van der Waals surface area contributed by atoms with Crippen LogP contribution < -0.4 is 10.6 Å². The van der Waals surface area contributed by atoms with E-state index in [9.17, 15) is 0 Å². The van der Waals surface area contributed by atoms with Crippen LogP contribution >= 0.6 is 11.3 Å². The van der Waals surface area contributed by atoms with Crippen molar-refractivity contribution in [2.24, 2.45) is 4.99 Å². The average Bonchev–Trinajstić information content (AvgIpc) is 3.47. The molecule has 6 aromatic carbocycles. The van der Waals surface area contributed by atoms with Gasteiger partial charge in [-0.25, -0.2) is 4.99 Å². The van der Waals surface area contributed by atoms with Crippen LogP contribution in [0.4, 0.5) is 0 Å². The molecule has 0 spiro atoms. The second-order valence-electron chi connectivity index (χ2n) is 11.6. The molecule has 2 atom stereocenters. The van der Waals surface area contributed by atoms with E-state index in [1.54, 1.807) is 0 Å². The Hall–Kier alpha value is -4.77. The van der Waals surface area contributed by atoms with E-state index in [4.69, 9.17) is 4.99 Å². The van der Waals surface area contributed by atoms with E-state index >= 15 is 0 Å². The van der Waals surface area contributed by atoms with Gasteiger partial charge in [0.2, 0.25) is 0 Å². The Morgan fingerprint density at radius 1 is 0.651 bits per heavy atom. The highest BCUT2D eigenvalue weighted by Crippen LogP contribution is 2.41. The number of hydrogen-bond acceptors (Lipinski definition) is 4. The Labute approximate surface area is 253 Å². The summed E-state index contributed by atoms with van der Waals surface area (Å²) in [5.74, 6) is 0.983. The number of hydrogen-bond donors (Lipinski definition) is 2. The van der Waals surface area contributed by atoms with E-state index in [1.807, 2.05) is 11.3 Å². The van der Waals surface area contributed by atoms with Crippen molar-refractivity contribution in [3.8, 4) is 0 Å². The van der Waals surface area contributed by atoms with Crippen LogP contribution in [0, 0.1) is 0 Å². The van der Waals surface area contributed by atoms with Crippen molar-refractivity contribution in [3.05, 3.63) is 144 Å². The van der Waals surface area contributed by atoms with Gasteiger partial charge in [0.15, 0.2) is 0 Å². The maximum Gasteiger partial charge on any atom is 0.129 e. The van der Waals surface area contributed by atoms with Gasteiger partial charge in [0.25, 0.3) is 0 Å². The summed E-state index contributed by atoms with van der Waals surface area (Å²) in [6, 6.07) is 40.1. The lowest BCUT2D eigenvalue weighted by Gasteiger charge is -2.33. The summed E-state index contributed by atoms with van der Waals surface area (Å²) in [5, 5.41) is 17.9. The zero-order chi connectivity index (χ0) is 28.3. The molecule has 2 unspecified atom stereocenters. The summed E-state index contributed by atoms with van der Waals surface area (Å²) in [5.41, 5.74) is 3.64. The molecule has 1 aliphatic carbocycles. The molecule has 206 valence electrons. The van der Waals surface area contributed by atoms with Crippen LogP contribution in [-0.2, 0) is 0 Å². The molecule has 0 saturated heterocycles. The quantitative estimate of drug-likeness (QED) is 0.207. The first-order chi connectivity index (χ1) is 21.3. The second kappa shape index (κ2) is 9.91. The van der Waals surface area contributed by atoms with Gasteiger partial charge in [-0.15, -0.1) is 11.3 Å². The van der Waals surface area contributed by atoms with Crippen molar-refractivity contribution in [2.75, 3.05) is 0 Å². The first-order valence-corrected chi connectivity index (χ1v) is 15.8.